The van der Waals surface area contributed by atoms with E-state index in [0.29, 0.717) is 11.8 Å². The van der Waals surface area contributed by atoms with E-state index in [4.69, 9.17) is 9.47 Å². The topological polar surface area (TPSA) is 81.2 Å². The summed E-state index contributed by atoms with van der Waals surface area (Å²) in [5.41, 5.74) is 2.39. The summed E-state index contributed by atoms with van der Waals surface area (Å²) in [5.74, 6) is 2.69. The fourth-order valence-electron chi connectivity index (χ4n) is 2.52. The molecule has 7 nitrogen and oxygen atoms in total. The summed E-state index contributed by atoms with van der Waals surface area (Å²) in [5, 5.41) is 6.44. The smallest absolute Gasteiger partial charge is 0.231 e. The SMILES string of the molecule is CCNc1nc(Nc2ccc3c(c2)OCO3)cc(-c2ccccn2)n1. The van der Waals surface area contributed by atoms with Gasteiger partial charge in [0.2, 0.25) is 12.7 Å². The Hall–Kier alpha value is -3.35. The van der Waals surface area contributed by atoms with Gasteiger partial charge in [-0.15, -0.1) is 0 Å². The first-order valence-corrected chi connectivity index (χ1v) is 8.03. The van der Waals surface area contributed by atoms with Crippen LogP contribution in [0.3, 0.4) is 0 Å². The van der Waals surface area contributed by atoms with Gasteiger partial charge in [0.05, 0.1) is 11.4 Å². The molecule has 2 N–H and O–H groups in total. The first-order valence-electron chi connectivity index (χ1n) is 8.03. The number of benzene rings is 1. The number of nitrogens with one attached hydrogen (secondary N) is 2. The van der Waals surface area contributed by atoms with Crippen LogP contribution in [0.15, 0.2) is 48.7 Å². The Bertz CT molecular complexity index is 886. The minimum Gasteiger partial charge on any atom is -0.454 e. The second kappa shape index (κ2) is 6.64. The monoisotopic (exact) mass is 335 g/mol. The molecule has 3 aromatic rings. The first kappa shape index (κ1) is 15.2. The van der Waals surface area contributed by atoms with Crippen molar-refractivity contribution in [1.29, 1.82) is 0 Å². The van der Waals surface area contributed by atoms with Gasteiger partial charge in [0.15, 0.2) is 11.5 Å². The quantitative estimate of drug-likeness (QED) is 0.739. The van der Waals surface area contributed by atoms with Crippen LogP contribution in [0.5, 0.6) is 11.5 Å². The van der Waals surface area contributed by atoms with Crippen molar-refractivity contribution < 1.29 is 9.47 Å². The molecule has 1 aromatic carbocycles. The van der Waals surface area contributed by atoms with Gasteiger partial charge >= 0.3 is 0 Å². The van der Waals surface area contributed by atoms with Crippen LogP contribution in [-0.4, -0.2) is 28.3 Å². The third-order valence-electron chi connectivity index (χ3n) is 3.63. The standard InChI is InChI=1S/C18H17N5O2/c1-2-19-18-22-14(13-5-3-4-8-20-13)10-17(23-18)21-12-6-7-15-16(9-12)25-11-24-15/h3-10H,2,11H2,1H3,(H2,19,21,22,23). The van der Waals surface area contributed by atoms with Gasteiger partial charge in [-0.3, -0.25) is 4.98 Å². The molecule has 1 aliphatic rings. The van der Waals surface area contributed by atoms with E-state index >= 15 is 0 Å². The highest BCUT2D eigenvalue weighted by Crippen LogP contribution is 2.35. The van der Waals surface area contributed by atoms with Crippen LogP contribution < -0.4 is 20.1 Å². The van der Waals surface area contributed by atoms with E-state index in [1.807, 2.05) is 49.4 Å². The van der Waals surface area contributed by atoms with Crippen molar-refractivity contribution in [2.75, 3.05) is 24.0 Å². The summed E-state index contributed by atoms with van der Waals surface area (Å²) in [6.45, 7) is 2.98. The number of aromatic nitrogens is 3. The van der Waals surface area contributed by atoms with Gasteiger partial charge in [-0.05, 0) is 31.2 Å². The van der Waals surface area contributed by atoms with Crippen LogP contribution in [0.2, 0.25) is 0 Å². The van der Waals surface area contributed by atoms with Crippen LogP contribution >= 0.6 is 0 Å². The fraction of sp³-hybridized carbons (Fsp3) is 0.167. The molecule has 4 rings (SSSR count). The Morgan fingerprint density at radius 3 is 2.76 bits per heavy atom. The molecule has 1 aliphatic heterocycles. The molecule has 0 spiro atoms. The fourth-order valence-corrected chi connectivity index (χ4v) is 2.52. The van der Waals surface area contributed by atoms with E-state index in [1.54, 1.807) is 6.20 Å². The van der Waals surface area contributed by atoms with Crippen LogP contribution in [-0.2, 0) is 0 Å². The zero-order valence-electron chi connectivity index (χ0n) is 13.7. The first-order chi connectivity index (χ1) is 12.3. The van der Waals surface area contributed by atoms with Crippen LogP contribution in [0.25, 0.3) is 11.4 Å². The van der Waals surface area contributed by atoms with Crippen molar-refractivity contribution >= 4 is 17.5 Å². The number of pyridine rings is 1. The lowest BCUT2D eigenvalue weighted by atomic mass is 10.2. The van der Waals surface area contributed by atoms with E-state index in [2.05, 4.69) is 25.6 Å². The van der Waals surface area contributed by atoms with Crippen molar-refractivity contribution in [2.24, 2.45) is 0 Å². The van der Waals surface area contributed by atoms with Gasteiger partial charge < -0.3 is 20.1 Å². The molecule has 0 amide bonds. The van der Waals surface area contributed by atoms with Crippen molar-refractivity contribution in [3.63, 3.8) is 0 Å². The maximum absolute atomic E-state index is 5.41. The molecule has 0 aliphatic carbocycles. The summed E-state index contributed by atoms with van der Waals surface area (Å²) < 4.78 is 10.8. The number of nitrogens with zero attached hydrogens (tertiary/aromatic N) is 3. The summed E-state index contributed by atoms with van der Waals surface area (Å²) in [6.07, 6.45) is 1.75. The molecule has 0 atom stereocenters. The Balaban J connectivity index is 1.67. The second-order valence-electron chi connectivity index (χ2n) is 5.40. The van der Waals surface area contributed by atoms with E-state index in [9.17, 15) is 0 Å². The maximum Gasteiger partial charge on any atom is 0.231 e. The molecule has 25 heavy (non-hydrogen) atoms. The van der Waals surface area contributed by atoms with E-state index in [0.717, 1.165) is 35.1 Å². The zero-order valence-corrected chi connectivity index (χ0v) is 13.7. The van der Waals surface area contributed by atoms with Gasteiger partial charge in [-0.1, -0.05) is 6.07 Å². The lowest BCUT2D eigenvalue weighted by molar-refractivity contribution is 0.174. The average Bonchev–Trinajstić information content (AvgIpc) is 3.10. The molecule has 0 fully saturated rings. The highest BCUT2D eigenvalue weighted by atomic mass is 16.7. The van der Waals surface area contributed by atoms with Gasteiger partial charge in [0.1, 0.15) is 5.82 Å². The van der Waals surface area contributed by atoms with E-state index in [-0.39, 0.29) is 6.79 Å². The third-order valence-corrected chi connectivity index (χ3v) is 3.63. The average molecular weight is 335 g/mol. The summed E-state index contributed by atoms with van der Waals surface area (Å²) in [4.78, 5) is 13.4. The van der Waals surface area contributed by atoms with E-state index < -0.39 is 0 Å². The molecule has 0 bridgehead atoms. The molecule has 0 unspecified atom stereocenters. The van der Waals surface area contributed by atoms with Crippen LogP contribution in [0.4, 0.5) is 17.5 Å². The molecule has 126 valence electrons. The van der Waals surface area contributed by atoms with Gasteiger partial charge in [0, 0.05) is 30.6 Å². The van der Waals surface area contributed by atoms with Crippen molar-refractivity contribution in [3.8, 4) is 22.9 Å². The molecular formula is C18H17N5O2. The summed E-state index contributed by atoms with van der Waals surface area (Å²) in [6, 6.07) is 13.3. The molecule has 0 saturated carbocycles. The number of fused-ring (bicyclic) bond motifs is 1. The normalized spacial score (nSPS) is 12.0. The second-order valence-corrected chi connectivity index (χ2v) is 5.40. The minimum atomic E-state index is 0.251. The number of ether oxygens (including phenoxy) is 2. The lowest BCUT2D eigenvalue weighted by Gasteiger charge is -2.11. The minimum absolute atomic E-state index is 0.251. The molecule has 7 heteroatoms. The predicted octanol–water partition coefficient (Wildman–Crippen LogP) is 3.44. The highest BCUT2D eigenvalue weighted by molar-refractivity contribution is 5.67. The molecule has 2 aromatic heterocycles. The van der Waals surface area contributed by atoms with Gasteiger partial charge in [-0.2, -0.15) is 4.98 Å². The highest BCUT2D eigenvalue weighted by Gasteiger charge is 2.14. The van der Waals surface area contributed by atoms with Crippen molar-refractivity contribution in [3.05, 3.63) is 48.7 Å². The van der Waals surface area contributed by atoms with Crippen molar-refractivity contribution in [1.82, 2.24) is 15.0 Å². The van der Waals surface area contributed by atoms with Crippen LogP contribution in [0.1, 0.15) is 6.92 Å². The Labute approximate surface area is 145 Å². The lowest BCUT2D eigenvalue weighted by Crippen LogP contribution is -2.05. The summed E-state index contributed by atoms with van der Waals surface area (Å²) in [7, 11) is 0. The van der Waals surface area contributed by atoms with Gasteiger partial charge in [0.25, 0.3) is 0 Å². The third kappa shape index (κ3) is 3.30. The molecule has 0 saturated heterocycles. The van der Waals surface area contributed by atoms with E-state index in [1.165, 1.54) is 0 Å². The Morgan fingerprint density at radius 2 is 1.92 bits per heavy atom. The largest absolute Gasteiger partial charge is 0.454 e. The maximum atomic E-state index is 5.41. The number of hydrogen-bond acceptors (Lipinski definition) is 7. The molecule has 0 radical (unpaired) electrons. The number of rotatable bonds is 5. The molecule has 3 heterocycles. The number of anilines is 3. The van der Waals surface area contributed by atoms with Crippen LogP contribution in [0, 0.1) is 0 Å². The van der Waals surface area contributed by atoms with Gasteiger partial charge in [-0.25, -0.2) is 4.98 Å². The predicted molar refractivity (Wildman–Crippen MR) is 95.3 cm³/mol. The number of hydrogen-bond donors (Lipinski definition) is 2. The van der Waals surface area contributed by atoms with Crippen molar-refractivity contribution in [2.45, 2.75) is 6.92 Å². The molecular weight excluding hydrogens is 318 g/mol. The Kier molecular flexibility index (Phi) is 4.04. The zero-order chi connectivity index (χ0) is 17.1. The Morgan fingerprint density at radius 1 is 1.00 bits per heavy atom. The summed E-state index contributed by atoms with van der Waals surface area (Å²) >= 11 is 0.